The number of primary amides is 3. The largest absolute Gasteiger partial charge is 0.508 e. The van der Waals surface area contributed by atoms with Crippen LogP contribution in [0, 0.1) is 45.8 Å². The fourth-order valence-corrected chi connectivity index (χ4v) is 13.2. The van der Waals surface area contributed by atoms with E-state index in [1.165, 1.54) is 61.1 Å². The maximum atomic E-state index is 15.0. The number of imidazole rings is 1. The summed E-state index contributed by atoms with van der Waals surface area (Å²) in [5, 5.41) is 79.2. The van der Waals surface area contributed by atoms with Gasteiger partial charge in [-0.05, 0) is 110 Å². The van der Waals surface area contributed by atoms with Gasteiger partial charge in [0.15, 0.2) is 17.9 Å². The highest BCUT2D eigenvalue weighted by atomic mass is 16.5. The maximum absolute atomic E-state index is 15.0. The molecule has 3 aromatic carbocycles. The first kappa shape index (κ1) is 102. The second kappa shape index (κ2) is 51.3. The van der Waals surface area contributed by atoms with Gasteiger partial charge < -0.3 is 135 Å². The lowest BCUT2D eigenvalue weighted by molar-refractivity contribution is -0.148. The quantitative estimate of drug-likeness (QED) is 0.00852. The third kappa shape index (κ3) is 35.7. The van der Waals surface area contributed by atoms with Crippen LogP contribution in [0.15, 0.2) is 91.4 Å². The van der Waals surface area contributed by atoms with Gasteiger partial charge in [0.2, 0.25) is 82.7 Å². The lowest BCUT2D eigenvalue weighted by Crippen LogP contribution is -2.62. The van der Waals surface area contributed by atoms with Crippen molar-refractivity contribution in [3.63, 3.8) is 0 Å². The molecule has 0 spiro atoms. The lowest BCUT2D eigenvalue weighted by Gasteiger charge is -2.30. The molecule has 5 rings (SSSR count). The van der Waals surface area contributed by atoms with Crippen LogP contribution in [-0.4, -0.2) is 219 Å². The Balaban J connectivity index is 1.42. The summed E-state index contributed by atoms with van der Waals surface area (Å²) >= 11 is 0. The summed E-state index contributed by atoms with van der Waals surface area (Å²) in [6.45, 7) is 9.86. The van der Waals surface area contributed by atoms with E-state index in [4.69, 9.17) is 61.1 Å². The average molecular weight is 1750 g/mol. The molecule has 684 valence electrons. The van der Waals surface area contributed by atoms with Crippen molar-refractivity contribution in [1.82, 2.24) is 84.4 Å². The number of hydrogen-bond donors (Lipinski definition) is 27. The number of rotatable bonds is 55. The van der Waals surface area contributed by atoms with E-state index < -0.39 is 222 Å². The molecule has 0 aliphatic heterocycles. The molecule has 0 saturated heterocycles. The van der Waals surface area contributed by atoms with Gasteiger partial charge in [0.1, 0.15) is 78.5 Å². The summed E-state index contributed by atoms with van der Waals surface area (Å²) in [5.74, 6) is -20.9. The minimum absolute atomic E-state index is 0.0158. The molecular weight excluding hydrogens is 1630 g/mol. The number of phenols is 2. The van der Waals surface area contributed by atoms with E-state index >= 15 is 0 Å². The summed E-state index contributed by atoms with van der Waals surface area (Å²) in [6.07, 6.45) is 0.631. The minimum atomic E-state index is -1.84. The van der Waals surface area contributed by atoms with Crippen molar-refractivity contribution < 1.29 is 86.9 Å². The Kier molecular flexibility index (Phi) is 41.8. The number of nitrogens with one attached hydrogen (secondary N) is 18. The number of ether oxygens (including phenoxy) is 1. The van der Waals surface area contributed by atoms with Gasteiger partial charge >= 0.3 is 5.97 Å². The summed E-state index contributed by atoms with van der Waals surface area (Å²) < 4.78 is 5.71. The molecule has 14 amide bonds. The summed E-state index contributed by atoms with van der Waals surface area (Å²) in [6, 6.07) is 1.58. The number of phenolic OH excluding ortho intramolecular Hbond substituents is 2. The van der Waals surface area contributed by atoms with Gasteiger partial charge in [-0.15, -0.1) is 0 Å². The molecule has 1 aromatic heterocycles. The van der Waals surface area contributed by atoms with Crippen molar-refractivity contribution in [3.05, 3.63) is 114 Å². The van der Waals surface area contributed by atoms with E-state index in [0.29, 0.717) is 28.8 Å². The first-order chi connectivity index (χ1) is 59.2. The molecule has 44 nitrogen and oxygen atoms in total. The number of hydrogen-bond acceptors (Lipinski definition) is 23. The highest BCUT2D eigenvalue weighted by Crippen LogP contribution is 2.41. The van der Waals surface area contributed by atoms with Crippen molar-refractivity contribution in [1.29, 1.82) is 16.2 Å². The normalized spacial score (nSPS) is 16.3. The van der Waals surface area contributed by atoms with Crippen LogP contribution in [0.3, 0.4) is 0 Å². The predicted octanol–water partition coefficient (Wildman–Crippen LogP) is -4.95. The summed E-state index contributed by atoms with van der Waals surface area (Å²) in [7, 11) is 0. The average Bonchev–Trinajstić information content (AvgIpc) is 1.59. The molecule has 4 aromatic rings. The smallest absolute Gasteiger partial charge is 0.312 e. The number of aromatic hydroxyl groups is 2. The fraction of sp³-hybridized carbons (Fsp3) is 0.519. The fourth-order valence-electron chi connectivity index (χ4n) is 13.2. The van der Waals surface area contributed by atoms with Crippen molar-refractivity contribution in [2.75, 3.05) is 19.6 Å². The van der Waals surface area contributed by atoms with Crippen LogP contribution in [0.4, 0.5) is 0 Å². The van der Waals surface area contributed by atoms with Crippen LogP contribution in [0.25, 0.3) is 0 Å². The standard InChI is InChI=1S/C81H122N26O18/c1-7-42(5)63(105-74(120)56(35-45-22-26-49(109)27-23-45)103-71(117)57(36-47-38-92-40-96-47)101-67(113)50(82)17-12-30-93-79(86)87)76(122)104-58(37-60(84)111)72(118)102-55(33-41(3)4)73(119)106-64(43(6)8-2)77(123)107-65-61(62(65)78(124)125-39-46-15-10-9-11-16-46)75(121)99-52(19-14-32-95-81(90)91)68(114)98-53(28-29-59(83)110)70(116)97-51(18-13-31-94-80(88)89)69(115)100-54(66(85)112)34-44-20-24-48(108)25-21-44/h9-11,15-16,20-27,38,40-43,50-58,61-65,108-109H,7-8,12-14,17-19,28-37,39,82H2,1-6H3,(H2,83,110)(H2,84,111)(H2,85,112)(H,92,96)(H,97,116)(H,98,114)(H,99,121)(H,100,115)(H,101,113)(H,102,118)(H,103,117)(H,104,122)(H,105,120)(H,106,119)(H,107,123)(H4,86,87,93)(H4,88,89,94)(H4,90,91,95)/t42-,43-,50-,51-,52-,53-,54-,55-,56-,57-,58-,61-,62-,63-,64-,65+/m0/s1. The number of nitrogens with two attached hydrogens (primary N) is 7. The van der Waals surface area contributed by atoms with Gasteiger partial charge in [0, 0.05) is 51.5 Å². The summed E-state index contributed by atoms with van der Waals surface area (Å²) in [4.78, 5) is 220. The Hall–Kier alpha value is -13.7. The molecule has 1 aliphatic rings. The molecule has 1 saturated carbocycles. The van der Waals surface area contributed by atoms with E-state index in [2.05, 4.69) is 84.4 Å². The Bertz CT molecular complexity index is 4350. The van der Waals surface area contributed by atoms with Gasteiger partial charge in [-0.1, -0.05) is 109 Å². The van der Waals surface area contributed by atoms with E-state index in [-0.39, 0.29) is 114 Å². The highest BCUT2D eigenvalue weighted by molar-refractivity contribution is 6.01. The Morgan fingerprint density at radius 2 is 0.880 bits per heavy atom. The van der Waals surface area contributed by atoms with Gasteiger partial charge in [0.25, 0.3) is 0 Å². The van der Waals surface area contributed by atoms with Crippen LogP contribution in [0.5, 0.6) is 11.5 Å². The van der Waals surface area contributed by atoms with E-state index in [9.17, 15) is 82.1 Å². The lowest BCUT2D eigenvalue weighted by atomic mass is 9.96. The van der Waals surface area contributed by atoms with E-state index in [0.717, 1.165) is 0 Å². The number of carbonyl (C=O) groups is 15. The minimum Gasteiger partial charge on any atom is -0.508 e. The number of esters is 1. The van der Waals surface area contributed by atoms with Crippen LogP contribution < -0.4 is 115 Å². The molecule has 0 radical (unpaired) electrons. The molecule has 44 heteroatoms. The van der Waals surface area contributed by atoms with Gasteiger partial charge in [-0.3, -0.25) is 88.1 Å². The molecule has 0 unspecified atom stereocenters. The topological polar surface area (TPSA) is 757 Å². The number of amides is 14. The van der Waals surface area contributed by atoms with Crippen LogP contribution in [0.2, 0.25) is 0 Å². The first-order valence-corrected chi connectivity index (χ1v) is 41.1. The third-order valence-electron chi connectivity index (χ3n) is 20.6. The maximum Gasteiger partial charge on any atom is 0.312 e. The number of aromatic nitrogens is 2. The predicted molar refractivity (Wildman–Crippen MR) is 456 cm³/mol. The SMILES string of the molecule is CC[C@H](C)[C@H](NC(=O)[C@H](CC(C)C)NC(=O)[C@H](CC(N)=O)NC(=O)[C@@H](NC(=O)[C@H](Cc1ccc(O)cc1)NC(=O)[C@H](Cc1c[nH]cn1)NC(=O)[C@@H](N)CCCNC(=N)N)[C@@H](C)CC)C(=O)N[C@@H]1[C@@H](C(=O)N[C@@H](CCCNC(=N)N)C(=O)N[C@@H](CCC(N)=O)C(=O)N[C@@H](CCCNC(=N)N)C(=O)N[C@@H](Cc2ccc(O)cc2)C(N)=O)[C@@H]1C(=O)OCc1ccccc1. The molecule has 0 bridgehead atoms. The number of nitrogens with zero attached hydrogens (tertiary/aromatic N) is 1. The Labute approximate surface area is 722 Å². The van der Waals surface area contributed by atoms with Crippen LogP contribution in [-0.2, 0) is 103 Å². The molecule has 34 N–H and O–H groups in total. The zero-order valence-electron chi connectivity index (χ0n) is 70.8. The van der Waals surface area contributed by atoms with Gasteiger partial charge in [0.05, 0.1) is 42.4 Å². The number of benzene rings is 3. The van der Waals surface area contributed by atoms with E-state index in [1.807, 2.05) is 0 Å². The van der Waals surface area contributed by atoms with Gasteiger partial charge in [-0.25, -0.2) is 4.98 Å². The molecule has 16 atom stereocenters. The summed E-state index contributed by atoms with van der Waals surface area (Å²) in [5.41, 5.74) is 41.4. The number of guanidine groups is 3. The van der Waals surface area contributed by atoms with Crippen LogP contribution >= 0.6 is 0 Å². The zero-order valence-corrected chi connectivity index (χ0v) is 70.8. The Morgan fingerprint density at radius 1 is 0.456 bits per heavy atom. The molecule has 1 aliphatic carbocycles. The van der Waals surface area contributed by atoms with Crippen LogP contribution in [0.1, 0.15) is 141 Å². The van der Waals surface area contributed by atoms with Crippen molar-refractivity contribution in [2.45, 2.75) is 217 Å². The van der Waals surface area contributed by atoms with Gasteiger partial charge in [-0.2, -0.15) is 0 Å². The van der Waals surface area contributed by atoms with Crippen molar-refractivity contribution in [3.8, 4) is 11.5 Å². The van der Waals surface area contributed by atoms with E-state index in [1.54, 1.807) is 71.9 Å². The molecule has 125 heavy (non-hydrogen) atoms. The monoisotopic (exact) mass is 1750 g/mol. The second-order valence-electron chi connectivity index (χ2n) is 31.2. The molecular formula is C81H122N26O18. The Morgan fingerprint density at radius 3 is 1.36 bits per heavy atom. The number of H-pyrrole nitrogens is 1. The first-order valence-electron chi connectivity index (χ1n) is 41.1. The molecule has 1 fully saturated rings. The zero-order chi connectivity index (χ0) is 92.7. The third-order valence-corrected chi connectivity index (χ3v) is 20.6. The highest BCUT2D eigenvalue weighted by Gasteiger charge is 2.62. The number of aromatic amines is 1. The number of carbonyl (C=O) groups excluding carboxylic acids is 15. The van der Waals surface area contributed by atoms with Crippen molar-refractivity contribution in [2.24, 2.45) is 69.7 Å². The van der Waals surface area contributed by atoms with Crippen molar-refractivity contribution >= 4 is 107 Å². The molecule has 1 heterocycles. The second-order valence-corrected chi connectivity index (χ2v) is 31.2.